The van der Waals surface area contributed by atoms with Crippen LogP contribution in [0.2, 0.25) is 0 Å². The predicted octanol–water partition coefficient (Wildman–Crippen LogP) is 3.24. The van der Waals surface area contributed by atoms with E-state index in [9.17, 15) is 8.42 Å². The van der Waals surface area contributed by atoms with E-state index in [0.29, 0.717) is 0 Å². The van der Waals surface area contributed by atoms with Crippen molar-refractivity contribution in [3.05, 3.63) is 72.3 Å². The van der Waals surface area contributed by atoms with Crippen molar-refractivity contribution in [2.45, 2.75) is 12.7 Å². The van der Waals surface area contributed by atoms with Crippen LogP contribution < -0.4 is 0 Å². The van der Waals surface area contributed by atoms with Crippen molar-refractivity contribution in [3.63, 3.8) is 0 Å². The molecule has 0 aromatic heterocycles. The van der Waals surface area contributed by atoms with E-state index in [1.165, 1.54) is 0 Å². The summed E-state index contributed by atoms with van der Waals surface area (Å²) in [5, 5.41) is 0. The molecule has 0 radical (unpaired) electrons. The molecule has 0 unspecified atom stereocenters. The third-order valence-electron chi connectivity index (χ3n) is 2.15. The number of benzene rings is 2. The maximum Gasteiger partial charge on any atom is 0.271 e. The summed E-state index contributed by atoms with van der Waals surface area (Å²) in [5.74, 6) is -0.0539. The summed E-state index contributed by atoms with van der Waals surface area (Å²) < 4.78 is 27.0. The highest BCUT2D eigenvalue weighted by Crippen LogP contribution is 2.06. The van der Waals surface area contributed by atoms with E-state index >= 15 is 0 Å². The molecule has 0 N–H and O–H groups in total. The third-order valence-corrected chi connectivity index (χ3v) is 3.43. The standard InChI is InChI=1S/C9H12O3S.C6H6/c1-2-12-13(10,11)8-9-6-4-3-5-7-9;1-2-4-6-5-3-1/h3-7H,2,8H2,1H3;1-6H. The molecule has 0 bridgehead atoms. The van der Waals surface area contributed by atoms with Gasteiger partial charge in [0.25, 0.3) is 10.1 Å². The molecule has 0 saturated heterocycles. The normalized spacial score (nSPS) is 10.4. The second-order valence-corrected chi connectivity index (χ2v) is 5.39. The molecular formula is C15H18O3S. The van der Waals surface area contributed by atoms with E-state index in [4.69, 9.17) is 0 Å². The maximum absolute atomic E-state index is 11.2. The van der Waals surface area contributed by atoms with Crippen LogP contribution in [0, 0.1) is 0 Å². The molecule has 2 aromatic rings. The monoisotopic (exact) mass is 278 g/mol. The van der Waals surface area contributed by atoms with Gasteiger partial charge in [-0.25, -0.2) is 0 Å². The molecule has 2 rings (SSSR count). The Hall–Kier alpha value is -1.65. The predicted molar refractivity (Wildman–Crippen MR) is 77.1 cm³/mol. The molecule has 0 aliphatic rings. The Morgan fingerprint density at radius 2 is 1.26 bits per heavy atom. The molecule has 3 nitrogen and oxygen atoms in total. The lowest BCUT2D eigenvalue weighted by Crippen LogP contribution is -2.08. The van der Waals surface area contributed by atoms with Gasteiger partial charge in [-0.2, -0.15) is 8.42 Å². The summed E-state index contributed by atoms with van der Waals surface area (Å²) in [6, 6.07) is 21.0. The lowest BCUT2D eigenvalue weighted by atomic mass is 10.2. The van der Waals surface area contributed by atoms with Crippen molar-refractivity contribution in [1.82, 2.24) is 0 Å². The first-order chi connectivity index (χ1) is 9.14. The first-order valence-electron chi connectivity index (χ1n) is 6.05. The van der Waals surface area contributed by atoms with Crippen LogP contribution in [-0.4, -0.2) is 15.0 Å². The van der Waals surface area contributed by atoms with Gasteiger partial charge in [0.1, 0.15) is 5.75 Å². The van der Waals surface area contributed by atoms with Crippen molar-refractivity contribution >= 4 is 10.1 Å². The molecule has 0 heterocycles. The van der Waals surface area contributed by atoms with Crippen LogP contribution in [-0.2, 0) is 20.1 Å². The molecule has 4 heteroatoms. The Kier molecular flexibility index (Phi) is 6.85. The van der Waals surface area contributed by atoms with Crippen LogP contribution in [0.5, 0.6) is 0 Å². The molecule has 0 saturated carbocycles. The Bertz CT molecular complexity index is 509. The first-order valence-corrected chi connectivity index (χ1v) is 7.63. The Labute approximate surface area is 115 Å². The number of hydrogen-bond acceptors (Lipinski definition) is 3. The fraction of sp³-hybridized carbons (Fsp3) is 0.200. The minimum absolute atomic E-state index is 0.0539. The molecule has 19 heavy (non-hydrogen) atoms. The summed E-state index contributed by atoms with van der Waals surface area (Å²) >= 11 is 0. The zero-order valence-electron chi connectivity index (χ0n) is 10.9. The minimum atomic E-state index is -3.38. The van der Waals surface area contributed by atoms with E-state index in [0.717, 1.165) is 5.56 Å². The van der Waals surface area contributed by atoms with Crippen LogP contribution >= 0.6 is 0 Å². The quantitative estimate of drug-likeness (QED) is 0.806. The Morgan fingerprint density at radius 3 is 1.68 bits per heavy atom. The molecule has 0 aliphatic carbocycles. The highest BCUT2D eigenvalue weighted by atomic mass is 32.2. The van der Waals surface area contributed by atoms with Crippen LogP contribution in [0.15, 0.2) is 66.7 Å². The van der Waals surface area contributed by atoms with Crippen molar-refractivity contribution < 1.29 is 12.6 Å². The van der Waals surface area contributed by atoms with Gasteiger partial charge in [-0.05, 0) is 12.5 Å². The highest BCUT2D eigenvalue weighted by Gasteiger charge is 2.10. The van der Waals surface area contributed by atoms with Crippen LogP contribution in [0.1, 0.15) is 12.5 Å². The van der Waals surface area contributed by atoms with E-state index in [1.807, 2.05) is 42.5 Å². The lowest BCUT2D eigenvalue weighted by molar-refractivity contribution is 0.337. The zero-order chi connectivity index (χ0) is 14.0. The van der Waals surface area contributed by atoms with Crippen molar-refractivity contribution in [3.8, 4) is 0 Å². The SMILES string of the molecule is CCOS(=O)(=O)Cc1ccccc1.c1ccccc1. The van der Waals surface area contributed by atoms with E-state index in [1.54, 1.807) is 31.2 Å². The highest BCUT2D eigenvalue weighted by molar-refractivity contribution is 7.85. The topological polar surface area (TPSA) is 43.4 Å². The van der Waals surface area contributed by atoms with Crippen molar-refractivity contribution in [2.24, 2.45) is 0 Å². The average Bonchev–Trinajstić information content (AvgIpc) is 2.42. The lowest BCUT2D eigenvalue weighted by Gasteiger charge is -2.02. The smallest absolute Gasteiger partial charge is 0.270 e. The molecule has 2 aromatic carbocycles. The summed E-state index contributed by atoms with van der Waals surface area (Å²) in [6.07, 6.45) is 0. The number of rotatable bonds is 4. The van der Waals surface area contributed by atoms with E-state index in [2.05, 4.69) is 4.18 Å². The first kappa shape index (κ1) is 15.4. The summed E-state index contributed by atoms with van der Waals surface area (Å²) in [6.45, 7) is 1.84. The van der Waals surface area contributed by atoms with Crippen LogP contribution in [0.4, 0.5) is 0 Å². The van der Waals surface area contributed by atoms with Gasteiger partial charge in [0.15, 0.2) is 0 Å². The minimum Gasteiger partial charge on any atom is -0.270 e. The van der Waals surface area contributed by atoms with Gasteiger partial charge in [-0.15, -0.1) is 0 Å². The molecule has 102 valence electrons. The average molecular weight is 278 g/mol. The van der Waals surface area contributed by atoms with Gasteiger partial charge in [0.2, 0.25) is 0 Å². The van der Waals surface area contributed by atoms with Gasteiger partial charge < -0.3 is 0 Å². The Balaban J connectivity index is 0.000000250. The summed E-state index contributed by atoms with van der Waals surface area (Å²) in [4.78, 5) is 0. The van der Waals surface area contributed by atoms with Crippen LogP contribution in [0.25, 0.3) is 0 Å². The van der Waals surface area contributed by atoms with Crippen molar-refractivity contribution in [2.75, 3.05) is 6.61 Å². The third kappa shape index (κ3) is 7.39. The Morgan fingerprint density at radius 1 is 0.842 bits per heavy atom. The largest absolute Gasteiger partial charge is 0.271 e. The zero-order valence-corrected chi connectivity index (χ0v) is 11.7. The second kappa shape index (κ2) is 8.45. The summed E-state index contributed by atoms with van der Waals surface area (Å²) in [5.41, 5.74) is 0.746. The van der Waals surface area contributed by atoms with Gasteiger partial charge in [0.05, 0.1) is 6.61 Å². The maximum atomic E-state index is 11.2. The fourth-order valence-corrected chi connectivity index (χ4v) is 2.43. The van der Waals surface area contributed by atoms with Gasteiger partial charge in [-0.1, -0.05) is 66.7 Å². The van der Waals surface area contributed by atoms with Gasteiger partial charge in [0, 0.05) is 0 Å². The number of hydrogen-bond donors (Lipinski definition) is 0. The van der Waals surface area contributed by atoms with Crippen molar-refractivity contribution in [1.29, 1.82) is 0 Å². The molecule has 0 atom stereocenters. The fourth-order valence-electron chi connectivity index (χ4n) is 1.38. The second-order valence-electron chi connectivity index (χ2n) is 3.75. The van der Waals surface area contributed by atoms with Gasteiger partial charge >= 0.3 is 0 Å². The molecule has 0 amide bonds. The van der Waals surface area contributed by atoms with Gasteiger partial charge in [-0.3, -0.25) is 4.18 Å². The molecular weight excluding hydrogens is 260 g/mol. The molecule has 0 aliphatic heterocycles. The van der Waals surface area contributed by atoms with E-state index in [-0.39, 0.29) is 12.4 Å². The molecule has 0 fully saturated rings. The summed E-state index contributed by atoms with van der Waals surface area (Å²) in [7, 11) is -3.38. The van der Waals surface area contributed by atoms with Crippen LogP contribution in [0.3, 0.4) is 0 Å². The van der Waals surface area contributed by atoms with E-state index < -0.39 is 10.1 Å². The molecule has 0 spiro atoms.